The molecule has 0 saturated carbocycles. The van der Waals surface area contributed by atoms with Gasteiger partial charge in [-0.2, -0.15) is 0 Å². The number of aromatic amines is 1. The minimum Gasteiger partial charge on any atom is -0.360 e. The van der Waals surface area contributed by atoms with Crippen molar-refractivity contribution < 1.29 is 9.32 Å². The molecule has 0 aliphatic carbocycles. The summed E-state index contributed by atoms with van der Waals surface area (Å²) in [5, 5.41) is 7.07. The van der Waals surface area contributed by atoms with Crippen LogP contribution in [0.2, 0.25) is 0 Å². The van der Waals surface area contributed by atoms with Gasteiger partial charge in [0.15, 0.2) is 11.0 Å². The fourth-order valence-corrected chi connectivity index (χ4v) is 2.80. The first-order valence-electron chi connectivity index (χ1n) is 6.77. The second-order valence-electron chi connectivity index (χ2n) is 4.77. The summed E-state index contributed by atoms with van der Waals surface area (Å²) in [5.74, 6) is 1.14. The number of anilines is 1. The lowest BCUT2D eigenvalue weighted by atomic mass is 10.2. The Hall–Kier alpha value is -2.06. The number of halogens is 1. The molecule has 23 heavy (non-hydrogen) atoms. The van der Waals surface area contributed by atoms with Gasteiger partial charge in [-0.25, -0.2) is 4.98 Å². The van der Waals surface area contributed by atoms with Crippen LogP contribution in [0.1, 0.15) is 5.76 Å². The van der Waals surface area contributed by atoms with Gasteiger partial charge in [0.25, 0.3) is 0 Å². The van der Waals surface area contributed by atoms with E-state index >= 15 is 0 Å². The molecule has 2 heterocycles. The van der Waals surface area contributed by atoms with Crippen LogP contribution in [0.3, 0.4) is 0 Å². The van der Waals surface area contributed by atoms with Crippen LogP contribution in [0.4, 0.5) is 5.82 Å². The molecule has 0 radical (unpaired) electrons. The molecule has 2 aromatic heterocycles. The third kappa shape index (κ3) is 4.23. The fraction of sp³-hybridized carbons (Fsp3) is 0.133. The molecule has 0 saturated heterocycles. The maximum atomic E-state index is 11.8. The number of nitrogens with one attached hydrogen (secondary N) is 2. The van der Waals surface area contributed by atoms with Gasteiger partial charge >= 0.3 is 0 Å². The molecule has 2 N–H and O–H groups in total. The van der Waals surface area contributed by atoms with Gasteiger partial charge in [0, 0.05) is 10.5 Å². The highest BCUT2D eigenvalue weighted by Crippen LogP contribution is 2.23. The lowest BCUT2D eigenvalue weighted by Crippen LogP contribution is -2.14. The van der Waals surface area contributed by atoms with Crippen molar-refractivity contribution in [1.82, 2.24) is 15.1 Å². The van der Waals surface area contributed by atoms with Crippen LogP contribution in [0, 0.1) is 6.92 Å². The molecule has 1 amide bonds. The predicted molar refractivity (Wildman–Crippen MR) is 92.3 cm³/mol. The average molecular weight is 393 g/mol. The van der Waals surface area contributed by atoms with Crippen molar-refractivity contribution >= 4 is 39.4 Å². The molecule has 118 valence electrons. The maximum Gasteiger partial charge on any atom is 0.236 e. The van der Waals surface area contributed by atoms with Gasteiger partial charge in [0.2, 0.25) is 5.91 Å². The predicted octanol–water partition coefficient (Wildman–Crippen LogP) is 3.87. The largest absolute Gasteiger partial charge is 0.360 e. The molecule has 8 heteroatoms. The number of carbonyl (C=O) groups excluding carboxylic acids is 1. The number of hydrogen-bond donors (Lipinski definition) is 2. The summed E-state index contributed by atoms with van der Waals surface area (Å²) in [5.41, 5.74) is 1.95. The van der Waals surface area contributed by atoms with E-state index in [1.807, 2.05) is 24.3 Å². The highest BCUT2D eigenvalue weighted by atomic mass is 79.9. The second-order valence-corrected chi connectivity index (χ2v) is 6.65. The van der Waals surface area contributed by atoms with Crippen molar-refractivity contribution in [1.29, 1.82) is 0 Å². The van der Waals surface area contributed by atoms with Crippen LogP contribution in [-0.2, 0) is 4.79 Å². The number of carbonyl (C=O) groups is 1. The fourth-order valence-electron chi connectivity index (χ4n) is 1.89. The molecule has 0 atom stereocenters. The van der Waals surface area contributed by atoms with Gasteiger partial charge in [-0.3, -0.25) is 4.79 Å². The number of thioether (sulfide) groups is 1. The molecule has 0 bridgehead atoms. The van der Waals surface area contributed by atoms with Crippen LogP contribution in [0.25, 0.3) is 11.3 Å². The SMILES string of the molecule is Cc1cc(NC(=O)CSc2ncc(-c3ccc(Br)cc3)[nH]2)no1. The summed E-state index contributed by atoms with van der Waals surface area (Å²) in [7, 11) is 0. The monoisotopic (exact) mass is 392 g/mol. The van der Waals surface area contributed by atoms with Gasteiger partial charge in [0.05, 0.1) is 17.6 Å². The van der Waals surface area contributed by atoms with E-state index < -0.39 is 0 Å². The molecule has 0 fully saturated rings. The number of H-pyrrole nitrogens is 1. The third-order valence-electron chi connectivity index (χ3n) is 2.94. The Morgan fingerprint density at radius 3 is 2.87 bits per heavy atom. The van der Waals surface area contributed by atoms with Gasteiger partial charge in [-0.1, -0.05) is 45.0 Å². The molecule has 0 aliphatic rings. The number of imidazole rings is 1. The number of rotatable bonds is 5. The maximum absolute atomic E-state index is 11.8. The number of aryl methyl sites for hydroxylation is 1. The van der Waals surface area contributed by atoms with E-state index in [0.717, 1.165) is 15.7 Å². The smallest absolute Gasteiger partial charge is 0.236 e. The van der Waals surface area contributed by atoms with E-state index in [1.54, 1.807) is 19.2 Å². The lowest BCUT2D eigenvalue weighted by molar-refractivity contribution is -0.113. The molecule has 0 aliphatic heterocycles. The quantitative estimate of drug-likeness (QED) is 0.643. The highest BCUT2D eigenvalue weighted by molar-refractivity contribution is 9.10. The Kier molecular flexibility index (Phi) is 4.82. The van der Waals surface area contributed by atoms with E-state index in [-0.39, 0.29) is 11.7 Å². The van der Waals surface area contributed by atoms with Gasteiger partial charge in [0.1, 0.15) is 5.76 Å². The Morgan fingerprint density at radius 2 is 2.17 bits per heavy atom. The first-order chi connectivity index (χ1) is 11.1. The lowest BCUT2D eigenvalue weighted by Gasteiger charge is -2.00. The number of hydrogen-bond acceptors (Lipinski definition) is 5. The van der Waals surface area contributed by atoms with E-state index in [4.69, 9.17) is 4.52 Å². The zero-order chi connectivity index (χ0) is 16.2. The molecule has 3 rings (SSSR count). The zero-order valence-corrected chi connectivity index (χ0v) is 14.6. The molecule has 3 aromatic rings. The minimum atomic E-state index is -0.162. The Bertz CT molecular complexity index is 813. The van der Waals surface area contributed by atoms with Crippen LogP contribution >= 0.6 is 27.7 Å². The summed E-state index contributed by atoms with van der Waals surface area (Å²) in [6.07, 6.45) is 1.75. The third-order valence-corrected chi connectivity index (χ3v) is 4.36. The second kappa shape index (κ2) is 7.01. The van der Waals surface area contributed by atoms with Crippen LogP contribution in [0.5, 0.6) is 0 Å². The summed E-state index contributed by atoms with van der Waals surface area (Å²) >= 11 is 4.73. The normalized spacial score (nSPS) is 10.7. The van der Waals surface area contributed by atoms with Gasteiger partial charge < -0.3 is 14.8 Å². The topological polar surface area (TPSA) is 83.8 Å². The van der Waals surface area contributed by atoms with Crippen molar-refractivity contribution in [3.8, 4) is 11.3 Å². The Balaban J connectivity index is 1.56. The minimum absolute atomic E-state index is 0.162. The number of aromatic nitrogens is 3. The van der Waals surface area contributed by atoms with E-state index in [0.29, 0.717) is 16.7 Å². The van der Waals surface area contributed by atoms with Crippen molar-refractivity contribution in [2.24, 2.45) is 0 Å². The van der Waals surface area contributed by atoms with E-state index in [9.17, 15) is 4.79 Å². The first-order valence-corrected chi connectivity index (χ1v) is 8.55. The number of nitrogens with zero attached hydrogens (tertiary/aromatic N) is 2. The van der Waals surface area contributed by atoms with Crippen molar-refractivity contribution in [3.63, 3.8) is 0 Å². The first kappa shape index (κ1) is 15.8. The molecular formula is C15H13BrN4O2S. The summed E-state index contributed by atoms with van der Waals surface area (Å²) in [6, 6.07) is 9.59. The summed E-state index contributed by atoms with van der Waals surface area (Å²) in [4.78, 5) is 19.3. The van der Waals surface area contributed by atoms with Crippen molar-refractivity contribution in [3.05, 3.63) is 46.8 Å². The van der Waals surface area contributed by atoms with Gasteiger partial charge in [-0.05, 0) is 24.6 Å². The Morgan fingerprint density at radius 1 is 1.39 bits per heavy atom. The zero-order valence-electron chi connectivity index (χ0n) is 12.2. The van der Waals surface area contributed by atoms with Crippen LogP contribution < -0.4 is 5.32 Å². The summed E-state index contributed by atoms with van der Waals surface area (Å²) in [6.45, 7) is 1.77. The highest BCUT2D eigenvalue weighted by Gasteiger charge is 2.09. The number of benzene rings is 1. The molecule has 6 nitrogen and oxygen atoms in total. The molecule has 0 spiro atoms. The average Bonchev–Trinajstić information content (AvgIpc) is 3.15. The van der Waals surface area contributed by atoms with Crippen LogP contribution in [0.15, 0.2) is 50.7 Å². The van der Waals surface area contributed by atoms with E-state index in [2.05, 4.69) is 36.4 Å². The van der Waals surface area contributed by atoms with Gasteiger partial charge in [-0.15, -0.1) is 0 Å². The standard InChI is InChI=1S/C15H13BrN4O2S/c1-9-6-13(20-22-9)19-14(21)8-23-15-17-7-12(18-15)10-2-4-11(16)5-3-10/h2-7H,8H2,1H3,(H,17,18)(H,19,20,21). The molecule has 1 aromatic carbocycles. The molecular weight excluding hydrogens is 380 g/mol. The summed E-state index contributed by atoms with van der Waals surface area (Å²) < 4.78 is 5.92. The van der Waals surface area contributed by atoms with Crippen molar-refractivity contribution in [2.45, 2.75) is 12.1 Å². The molecule has 0 unspecified atom stereocenters. The Labute approximate surface area is 145 Å². The number of amides is 1. The van der Waals surface area contributed by atoms with Crippen LogP contribution in [-0.4, -0.2) is 26.8 Å². The van der Waals surface area contributed by atoms with Crippen molar-refractivity contribution in [2.75, 3.05) is 11.1 Å². The van der Waals surface area contributed by atoms with E-state index in [1.165, 1.54) is 11.8 Å².